The standard InChI is InChI=1S/C17H23NO2/c1-3-12(2)19-11-17-15(10-18-13-8-9-13)14-6-4-5-7-16(14)20-17/h4-7,12-13,18H,3,8-11H2,1-2H3. The van der Waals surface area contributed by atoms with E-state index >= 15 is 0 Å². The third kappa shape index (κ3) is 3.05. The smallest absolute Gasteiger partial charge is 0.135 e. The third-order valence-corrected chi connectivity index (χ3v) is 4.00. The molecule has 0 bridgehead atoms. The molecule has 20 heavy (non-hydrogen) atoms. The number of nitrogens with one attached hydrogen (secondary N) is 1. The molecule has 0 aliphatic heterocycles. The molecule has 3 rings (SSSR count). The van der Waals surface area contributed by atoms with E-state index in [0.717, 1.165) is 24.3 Å². The number of rotatable bonds is 7. The van der Waals surface area contributed by atoms with Crippen molar-refractivity contribution in [2.45, 2.75) is 58.4 Å². The van der Waals surface area contributed by atoms with E-state index in [9.17, 15) is 0 Å². The van der Waals surface area contributed by atoms with Gasteiger partial charge >= 0.3 is 0 Å². The van der Waals surface area contributed by atoms with E-state index in [4.69, 9.17) is 9.15 Å². The van der Waals surface area contributed by atoms with Gasteiger partial charge in [0.25, 0.3) is 0 Å². The third-order valence-electron chi connectivity index (χ3n) is 4.00. The van der Waals surface area contributed by atoms with Gasteiger partial charge in [0.15, 0.2) is 0 Å². The van der Waals surface area contributed by atoms with Crippen LogP contribution < -0.4 is 5.32 Å². The molecule has 1 aliphatic rings. The Bertz CT molecular complexity index is 571. The van der Waals surface area contributed by atoms with Gasteiger partial charge in [0.05, 0.1) is 6.10 Å². The minimum Gasteiger partial charge on any atom is -0.458 e. The largest absolute Gasteiger partial charge is 0.458 e. The van der Waals surface area contributed by atoms with Gasteiger partial charge in [0.1, 0.15) is 18.0 Å². The lowest BCUT2D eigenvalue weighted by molar-refractivity contribution is 0.0408. The Morgan fingerprint density at radius 1 is 1.35 bits per heavy atom. The van der Waals surface area contributed by atoms with Crippen LogP contribution in [0.3, 0.4) is 0 Å². The highest BCUT2D eigenvalue weighted by molar-refractivity contribution is 5.82. The van der Waals surface area contributed by atoms with E-state index in [1.807, 2.05) is 12.1 Å². The highest BCUT2D eigenvalue weighted by atomic mass is 16.5. The van der Waals surface area contributed by atoms with E-state index in [2.05, 4.69) is 31.3 Å². The molecule has 1 unspecified atom stereocenters. The fourth-order valence-corrected chi connectivity index (χ4v) is 2.33. The Hall–Kier alpha value is -1.32. The summed E-state index contributed by atoms with van der Waals surface area (Å²) in [4.78, 5) is 0. The lowest BCUT2D eigenvalue weighted by Gasteiger charge is -2.10. The topological polar surface area (TPSA) is 34.4 Å². The summed E-state index contributed by atoms with van der Waals surface area (Å²) in [6.07, 6.45) is 3.89. The van der Waals surface area contributed by atoms with Crippen LogP contribution in [-0.4, -0.2) is 12.1 Å². The molecule has 1 atom stereocenters. The summed E-state index contributed by atoms with van der Waals surface area (Å²) in [5.74, 6) is 0.972. The summed E-state index contributed by atoms with van der Waals surface area (Å²) in [5, 5.41) is 4.79. The number of fused-ring (bicyclic) bond motifs is 1. The van der Waals surface area contributed by atoms with Crippen molar-refractivity contribution in [3.8, 4) is 0 Å². The van der Waals surface area contributed by atoms with Crippen LogP contribution in [0.1, 0.15) is 44.4 Å². The van der Waals surface area contributed by atoms with Gasteiger partial charge in [-0.3, -0.25) is 0 Å². The first-order valence-electron chi connectivity index (χ1n) is 7.62. The molecule has 3 nitrogen and oxygen atoms in total. The summed E-state index contributed by atoms with van der Waals surface area (Å²) in [7, 11) is 0. The molecule has 0 saturated heterocycles. The van der Waals surface area contributed by atoms with Crippen LogP contribution in [0.5, 0.6) is 0 Å². The SMILES string of the molecule is CCC(C)OCc1oc2ccccc2c1CNC1CC1. The molecule has 1 aliphatic carbocycles. The van der Waals surface area contributed by atoms with Crippen molar-refractivity contribution in [2.75, 3.05) is 0 Å². The minimum absolute atomic E-state index is 0.271. The summed E-state index contributed by atoms with van der Waals surface area (Å²) in [5.41, 5.74) is 2.22. The van der Waals surface area contributed by atoms with E-state index in [-0.39, 0.29) is 6.10 Å². The molecular formula is C17H23NO2. The Morgan fingerprint density at radius 2 is 2.15 bits per heavy atom. The van der Waals surface area contributed by atoms with E-state index in [1.54, 1.807) is 0 Å². The molecule has 1 heterocycles. The summed E-state index contributed by atoms with van der Waals surface area (Å²) >= 11 is 0. The van der Waals surface area contributed by atoms with Crippen molar-refractivity contribution in [3.63, 3.8) is 0 Å². The van der Waals surface area contributed by atoms with Gasteiger partial charge in [-0.25, -0.2) is 0 Å². The quantitative estimate of drug-likeness (QED) is 0.828. The minimum atomic E-state index is 0.271. The zero-order valence-corrected chi connectivity index (χ0v) is 12.3. The number of para-hydroxylation sites is 1. The van der Waals surface area contributed by atoms with Gasteiger partial charge in [-0.1, -0.05) is 25.1 Å². The molecule has 0 spiro atoms. The molecule has 1 aromatic carbocycles. The number of hydrogen-bond donors (Lipinski definition) is 1. The predicted octanol–water partition coefficient (Wildman–Crippen LogP) is 4.00. The van der Waals surface area contributed by atoms with Crippen LogP contribution in [0, 0.1) is 0 Å². The van der Waals surface area contributed by atoms with Crippen LogP contribution in [0.15, 0.2) is 28.7 Å². The summed E-state index contributed by atoms with van der Waals surface area (Å²) in [6, 6.07) is 8.95. The van der Waals surface area contributed by atoms with Crippen LogP contribution in [-0.2, 0) is 17.9 Å². The van der Waals surface area contributed by atoms with E-state index in [1.165, 1.54) is 23.8 Å². The van der Waals surface area contributed by atoms with Crippen molar-refractivity contribution >= 4 is 11.0 Å². The summed E-state index contributed by atoms with van der Waals surface area (Å²) < 4.78 is 11.8. The van der Waals surface area contributed by atoms with Crippen molar-refractivity contribution in [3.05, 3.63) is 35.6 Å². The van der Waals surface area contributed by atoms with E-state index in [0.29, 0.717) is 12.6 Å². The Kier molecular flexibility index (Phi) is 4.08. The Labute approximate surface area is 120 Å². The normalized spacial score (nSPS) is 16.7. The molecular weight excluding hydrogens is 250 g/mol. The van der Waals surface area contributed by atoms with Crippen molar-refractivity contribution in [1.29, 1.82) is 0 Å². The first kappa shape index (κ1) is 13.7. The van der Waals surface area contributed by atoms with Gasteiger partial charge in [0, 0.05) is 23.5 Å². The first-order chi connectivity index (χ1) is 9.78. The van der Waals surface area contributed by atoms with Crippen LogP contribution >= 0.6 is 0 Å². The number of hydrogen-bond acceptors (Lipinski definition) is 3. The van der Waals surface area contributed by atoms with Crippen molar-refractivity contribution in [1.82, 2.24) is 5.32 Å². The second kappa shape index (κ2) is 5.98. The predicted molar refractivity (Wildman–Crippen MR) is 80.6 cm³/mol. The summed E-state index contributed by atoms with van der Waals surface area (Å²) in [6.45, 7) is 5.68. The maximum absolute atomic E-state index is 5.98. The average Bonchev–Trinajstić information content (AvgIpc) is 3.23. The number of furan rings is 1. The monoisotopic (exact) mass is 273 g/mol. The number of benzene rings is 1. The first-order valence-corrected chi connectivity index (χ1v) is 7.62. The molecule has 1 saturated carbocycles. The number of ether oxygens (including phenoxy) is 1. The van der Waals surface area contributed by atoms with Crippen LogP contribution in [0.4, 0.5) is 0 Å². The molecule has 108 valence electrons. The molecule has 3 heteroatoms. The van der Waals surface area contributed by atoms with Gasteiger partial charge < -0.3 is 14.5 Å². The molecule has 0 radical (unpaired) electrons. The van der Waals surface area contributed by atoms with Crippen molar-refractivity contribution < 1.29 is 9.15 Å². The zero-order valence-electron chi connectivity index (χ0n) is 12.3. The highest BCUT2D eigenvalue weighted by Crippen LogP contribution is 2.28. The van der Waals surface area contributed by atoms with Crippen molar-refractivity contribution in [2.24, 2.45) is 0 Å². The fraction of sp³-hybridized carbons (Fsp3) is 0.529. The molecule has 1 aromatic heterocycles. The van der Waals surface area contributed by atoms with Gasteiger partial charge in [-0.05, 0) is 32.3 Å². The average molecular weight is 273 g/mol. The van der Waals surface area contributed by atoms with E-state index < -0.39 is 0 Å². The van der Waals surface area contributed by atoms with Gasteiger partial charge in [-0.15, -0.1) is 0 Å². The Morgan fingerprint density at radius 3 is 2.90 bits per heavy atom. The lowest BCUT2D eigenvalue weighted by atomic mass is 10.1. The molecule has 2 aromatic rings. The lowest BCUT2D eigenvalue weighted by Crippen LogP contribution is -2.16. The Balaban J connectivity index is 1.81. The molecule has 0 amide bonds. The molecule has 1 fully saturated rings. The second-order valence-electron chi connectivity index (χ2n) is 5.68. The van der Waals surface area contributed by atoms with Crippen LogP contribution in [0.25, 0.3) is 11.0 Å². The fourth-order valence-electron chi connectivity index (χ4n) is 2.33. The zero-order chi connectivity index (χ0) is 13.9. The van der Waals surface area contributed by atoms with Gasteiger partial charge in [0.2, 0.25) is 0 Å². The highest BCUT2D eigenvalue weighted by Gasteiger charge is 2.22. The van der Waals surface area contributed by atoms with Crippen LogP contribution in [0.2, 0.25) is 0 Å². The maximum Gasteiger partial charge on any atom is 0.135 e. The maximum atomic E-state index is 5.98. The molecule has 1 N–H and O–H groups in total. The van der Waals surface area contributed by atoms with Gasteiger partial charge in [-0.2, -0.15) is 0 Å². The second-order valence-corrected chi connectivity index (χ2v) is 5.68.